The van der Waals surface area contributed by atoms with Gasteiger partial charge in [0.2, 0.25) is 11.8 Å². The molecule has 2 saturated heterocycles. The lowest BCUT2D eigenvalue weighted by molar-refractivity contribution is -0.136. The van der Waals surface area contributed by atoms with Crippen molar-refractivity contribution in [3.63, 3.8) is 0 Å². The Morgan fingerprint density at radius 1 is 0.875 bits per heavy atom. The first-order chi connectivity index (χ1) is 19.4. The average Bonchev–Trinajstić information content (AvgIpc) is 3.29. The van der Waals surface area contributed by atoms with E-state index < -0.39 is 6.04 Å². The molecule has 2 fully saturated rings. The summed E-state index contributed by atoms with van der Waals surface area (Å²) in [5.74, 6) is 0.194. The second-order valence-corrected chi connectivity index (χ2v) is 10.9. The van der Waals surface area contributed by atoms with Gasteiger partial charge in [0.15, 0.2) is 0 Å². The van der Waals surface area contributed by atoms with E-state index in [0.717, 1.165) is 49.4 Å². The van der Waals surface area contributed by atoms with Gasteiger partial charge in [0.1, 0.15) is 24.2 Å². The van der Waals surface area contributed by atoms with Crippen molar-refractivity contribution in [3.05, 3.63) is 100 Å². The molecule has 206 valence electrons. The number of amides is 3. The largest absolute Gasteiger partial charge is 0.489 e. The summed E-state index contributed by atoms with van der Waals surface area (Å²) < 4.78 is 18.9. The second kappa shape index (κ2) is 11.2. The summed E-state index contributed by atoms with van der Waals surface area (Å²) in [6, 6.07) is 20.0. The number of carbonyl (C=O) groups excluding carboxylic acids is 3. The molecule has 3 aromatic rings. The number of carbonyl (C=O) groups is 3. The molecule has 3 aliphatic heterocycles. The van der Waals surface area contributed by atoms with Gasteiger partial charge >= 0.3 is 0 Å². The van der Waals surface area contributed by atoms with Crippen molar-refractivity contribution >= 4 is 17.7 Å². The molecule has 1 unspecified atom stereocenters. The molecule has 1 N–H and O–H groups in total. The fourth-order valence-corrected chi connectivity index (χ4v) is 5.97. The van der Waals surface area contributed by atoms with Gasteiger partial charge in [-0.05, 0) is 90.9 Å². The Bertz CT molecular complexity index is 1420. The summed E-state index contributed by atoms with van der Waals surface area (Å²) in [7, 11) is 0. The van der Waals surface area contributed by atoms with E-state index in [1.807, 2.05) is 18.2 Å². The molecule has 0 bridgehead atoms. The Morgan fingerprint density at radius 3 is 2.33 bits per heavy atom. The van der Waals surface area contributed by atoms with Crippen molar-refractivity contribution in [2.75, 3.05) is 13.1 Å². The predicted molar refractivity (Wildman–Crippen MR) is 147 cm³/mol. The molecule has 0 saturated carbocycles. The van der Waals surface area contributed by atoms with Gasteiger partial charge in [-0.3, -0.25) is 24.6 Å². The van der Waals surface area contributed by atoms with Crippen LogP contribution < -0.4 is 10.1 Å². The van der Waals surface area contributed by atoms with E-state index in [1.165, 1.54) is 23.3 Å². The zero-order valence-corrected chi connectivity index (χ0v) is 22.3. The van der Waals surface area contributed by atoms with Gasteiger partial charge < -0.3 is 9.64 Å². The van der Waals surface area contributed by atoms with Gasteiger partial charge in [-0.1, -0.05) is 36.4 Å². The van der Waals surface area contributed by atoms with Crippen LogP contribution in [0.5, 0.6) is 5.75 Å². The van der Waals surface area contributed by atoms with Crippen LogP contribution in [-0.4, -0.2) is 46.7 Å². The summed E-state index contributed by atoms with van der Waals surface area (Å²) >= 11 is 0. The molecule has 8 heteroatoms. The van der Waals surface area contributed by atoms with Gasteiger partial charge in [-0.15, -0.1) is 0 Å². The summed E-state index contributed by atoms with van der Waals surface area (Å²) in [6.45, 7) is 3.68. The van der Waals surface area contributed by atoms with Gasteiger partial charge in [-0.25, -0.2) is 4.39 Å². The summed E-state index contributed by atoms with van der Waals surface area (Å²) in [5, 5.41) is 2.36. The average molecular weight is 542 g/mol. The van der Waals surface area contributed by atoms with Crippen molar-refractivity contribution in [1.29, 1.82) is 0 Å². The minimum atomic E-state index is -0.584. The first-order valence-electron chi connectivity index (χ1n) is 13.9. The number of hydrogen-bond donors (Lipinski definition) is 1. The Kier molecular flexibility index (Phi) is 7.34. The minimum absolute atomic E-state index is 0.127. The lowest BCUT2D eigenvalue weighted by atomic mass is 9.87. The number of rotatable bonds is 7. The zero-order valence-electron chi connectivity index (χ0n) is 22.3. The SMILES string of the molecule is O=C1CCC(N2Cc3cc(C4CCN(Cc5ccc(OCc6ccc(F)cc6)cc5)CC4)ccc3C2=O)C(=O)N1. The van der Waals surface area contributed by atoms with E-state index in [1.54, 1.807) is 17.0 Å². The Labute approximate surface area is 232 Å². The summed E-state index contributed by atoms with van der Waals surface area (Å²) in [6.07, 6.45) is 2.72. The molecule has 0 radical (unpaired) electrons. The fraction of sp³-hybridized carbons (Fsp3) is 0.344. The van der Waals surface area contributed by atoms with Crippen LogP contribution in [0.15, 0.2) is 66.7 Å². The molecular weight excluding hydrogens is 509 g/mol. The lowest BCUT2D eigenvalue weighted by Gasteiger charge is -2.32. The van der Waals surface area contributed by atoms with Crippen LogP contribution in [0, 0.1) is 5.82 Å². The van der Waals surface area contributed by atoms with Gasteiger partial charge in [0.25, 0.3) is 5.91 Å². The number of ether oxygens (including phenoxy) is 1. The van der Waals surface area contributed by atoms with Crippen molar-refractivity contribution < 1.29 is 23.5 Å². The van der Waals surface area contributed by atoms with Crippen LogP contribution in [0.3, 0.4) is 0 Å². The minimum Gasteiger partial charge on any atom is -0.489 e. The topological polar surface area (TPSA) is 79.0 Å². The maximum absolute atomic E-state index is 13.1. The molecule has 0 aliphatic carbocycles. The van der Waals surface area contributed by atoms with Gasteiger partial charge in [0, 0.05) is 25.1 Å². The van der Waals surface area contributed by atoms with Crippen LogP contribution >= 0.6 is 0 Å². The van der Waals surface area contributed by atoms with Crippen molar-refractivity contribution in [3.8, 4) is 5.75 Å². The number of hydrogen-bond acceptors (Lipinski definition) is 5. The van der Waals surface area contributed by atoms with E-state index in [2.05, 4.69) is 34.5 Å². The number of imide groups is 1. The molecule has 6 rings (SSSR count). The van der Waals surface area contributed by atoms with Crippen LogP contribution in [0.1, 0.15) is 64.2 Å². The Hall–Kier alpha value is -4.04. The van der Waals surface area contributed by atoms with E-state index >= 15 is 0 Å². The van der Waals surface area contributed by atoms with Crippen LogP contribution in [0.25, 0.3) is 0 Å². The quantitative estimate of drug-likeness (QED) is 0.444. The zero-order chi connectivity index (χ0) is 27.6. The number of fused-ring (bicyclic) bond motifs is 1. The van der Waals surface area contributed by atoms with Crippen LogP contribution in [0.4, 0.5) is 4.39 Å². The van der Waals surface area contributed by atoms with Gasteiger partial charge in [0.05, 0.1) is 0 Å². The van der Waals surface area contributed by atoms with E-state index in [4.69, 9.17) is 4.74 Å². The molecule has 40 heavy (non-hydrogen) atoms. The normalized spacial score (nSPS) is 20.0. The molecule has 3 amide bonds. The third-order valence-electron chi connectivity index (χ3n) is 8.25. The first kappa shape index (κ1) is 26.2. The molecular formula is C32H32FN3O4. The number of nitrogens with one attached hydrogen (secondary N) is 1. The Balaban J connectivity index is 1.00. The van der Waals surface area contributed by atoms with E-state index in [-0.39, 0.29) is 30.0 Å². The summed E-state index contributed by atoms with van der Waals surface area (Å²) in [5.41, 5.74) is 5.04. The molecule has 3 aromatic carbocycles. The molecule has 3 heterocycles. The fourth-order valence-electron chi connectivity index (χ4n) is 5.97. The second-order valence-electron chi connectivity index (χ2n) is 10.9. The number of benzene rings is 3. The van der Waals surface area contributed by atoms with Crippen LogP contribution in [-0.2, 0) is 29.3 Å². The highest BCUT2D eigenvalue weighted by Crippen LogP contribution is 2.34. The Morgan fingerprint density at radius 2 is 1.60 bits per heavy atom. The predicted octanol–water partition coefficient (Wildman–Crippen LogP) is 4.55. The first-order valence-corrected chi connectivity index (χ1v) is 13.9. The number of halogens is 1. The van der Waals surface area contributed by atoms with Crippen molar-refractivity contribution in [1.82, 2.24) is 15.1 Å². The van der Waals surface area contributed by atoms with Crippen LogP contribution in [0.2, 0.25) is 0 Å². The monoisotopic (exact) mass is 541 g/mol. The smallest absolute Gasteiger partial charge is 0.255 e. The number of likely N-dealkylation sites (tertiary alicyclic amines) is 1. The highest BCUT2D eigenvalue weighted by molar-refractivity contribution is 6.05. The third-order valence-corrected chi connectivity index (χ3v) is 8.25. The standard InChI is InChI=1S/C32H32FN3O4/c33-26-6-1-22(2-7-26)20-40-27-8-3-21(4-9-27)18-35-15-13-23(14-16-35)24-5-10-28-25(17-24)19-36(32(28)39)29-11-12-30(37)34-31(29)38/h1-10,17,23,29H,11-16,18-20H2,(H,34,37,38). The maximum atomic E-state index is 13.1. The maximum Gasteiger partial charge on any atom is 0.255 e. The number of piperidine rings is 2. The lowest BCUT2D eigenvalue weighted by Crippen LogP contribution is -2.52. The molecule has 1 atom stereocenters. The van der Waals surface area contributed by atoms with Crippen molar-refractivity contribution in [2.24, 2.45) is 0 Å². The third kappa shape index (κ3) is 5.63. The molecule has 3 aliphatic rings. The molecule has 0 aromatic heterocycles. The highest BCUT2D eigenvalue weighted by Gasteiger charge is 2.39. The van der Waals surface area contributed by atoms with E-state index in [9.17, 15) is 18.8 Å². The molecule has 7 nitrogen and oxygen atoms in total. The van der Waals surface area contributed by atoms with Crippen molar-refractivity contribution in [2.45, 2.75) is 57.3 Å². The van der Waals surface area contributed by atoms with Gasteiger partial charge in [-0.2, -0.15) is 0 Å². The summed E-state index contributed by atoms with van der Waals surface area (Å²) in [4.78, 5) is 40.9. The van der Waals surface area contributed by atoms with E-state index in [0.29, 0.717) is 31.1 Å². The number of nitrogens with zero attached hydrogens (tertiary/aromatic N) is 2. The highest BCUT2D eigenvalue weighted by atomic mass is 19.1. The molecule has 0 spiro atoms.